The molecule has 0 N–H and O–H groups in total. The Morgan fingerprint density at radius 1 is 1.00 bits per heavy atom. The van der Waals surface area contributed by atoms with Crippen LogP contribution in [0.2, 0.25) is 0 Å². The Balaban J connectivity index is 1.91. The van der Waals surface area contributed by atoms with Crippen LogP contribution in [0.15, 0.2) is 24.3 Å². The molecule has 5 nitrogen and oxygen atoms in total. The fraction of sp³-hybridized carbons (Fsp3) is 0.579. The van der Waals surface area contributed by atoms with Crippen molar-refractivity contribution < 1.29 is 14.3 Å². The number of rotatable bonds is 3. The fourth-order valence-corrected chi connectivity index (χ4v) is 2.79. The number of amides is 2. The molecule has 1 atom stereocenters. The van der Waals surface area contributed by atoms with Crippen molar-refractivity contribution in [2.75, 3.05) is 26.2 Å². The van der Waals surface area contributed by atoms with Crippen LogP contribution in [0, 0.1) is 0 Å². The number of ether oxygens (including phenoxy) is 1. The zero-order valence-corrected chi connectivity index (χ0v) is 15.3. The lowest BCUT2D eigenvalue weighted by atomic mass is 9.87. The summed E-state index contributed by atoms with van der Waals surface area (Å²) >= 11 is 0. The molecule has 1 aromatic rings. The van der Waals surface area contributed by atoms with Gasteiger partial charge >= 0.3 is 0 Å². The summed E-state index contributed by atoms with van der Waals surface area (Å²) in [6.45, 7) is 12.1. The van der Waals surface area contributed by atoms with E-state index in [1.165, 1.54) is 5.56 Å². The van der Waals surface area contributed by atoms with Gasteiger partial charge in [0.25, 0.3) is 5.91 Å². The molecular formula is C19H28N2O3. The van der Waals surface area contributed by atoms with Crippen molar-refractivity contribution in [2.24, 2.45) is 0 Å². The van der Waals surface area contributed by atoms with E-state index in [0.717, 1.165) is 0 Å². The summed E-state index contributed by atoms with van der Waals surface area (Å²) in [6, 6.07) is 7.91. The average Bonchev–Trinajstić information content (AvgIpc) is 2.54. The first-order chi connectivity index (χ1) is 11.2. The Kier molecular flexibility index (Phi) is 5.52. The van der Waals surface area contributed by atoms with E-state index in [-0.39, 0.29) is 17.2 Å². The second-order valence-corrected chi connectivity index (χ2v) is 7.37. The molecule has 2 amide bonds. The molecule has 1 aliphatic rings. The standard InChI is InChI=1S/C19H28N2O3/c1-14(18(23)21-12-10-20(11-13-21)15(2)22)24-17-8-6-16(7-9-17)19(3,4)5/h6-9,14H,10-13H2,1-5H3/t14-/m1/s1. The molecule has 1 aliphatic heterocycles. The van der Waals surface area contributed by atoms with Gasteiger partial charge < -0.3 is 14.5 Å². The zero-order chi connectivity index (χ0) is 17.9. The quantitative estimate of drug-likeness (QED) is 0.854. The van der Waals surface area contributed by atoms with Crippen molar-refractivity contribution in [1.82, 2.24) is 9.80 Å². The molecule has 0 radical (unpaired) electrons. The van der Waals surface area contributed by atoms with Gasteiger partial charge in [-0.25, -0.2) is 0 Å². The van der Waals surface area contributed by atoms with Gasteiger partial charge in [0.1, 0.15) is 5.75 Å². The average molecular weight is 332 g/mol. The maximum absolute atomic E-state index is 12.5. The Labute approximate surface area is 144 Å². The summed E-state index contributed by atoms with van der Waals surface area (Å²) in [4.78, 5) is 27.4. The third-order valence-electron chi connectivity index (χ3n) is 4.42. The molecule has 0 spiro atoms. The lowest BCUT2D eigenvalue weighted by Gasteiger charge is -2.35. The molecule has 24 heavy (non-hydrogen) atoms. The van der Waals surface area contributed by atoms with Crippen molar-refractivity contribution >= 4 is 11.8 Å². The van der Waals surface area contributed by atoms with Crippen LogP contribution in [0.3, 0.4) is 0 Å². The summed E-state index contributed by atoms with van der Waals surface area (Å²) in [5.41, 5.74) is 1.32. The molecule has 1 saturated heterocycles. The van der Waals surface area contributed by atoms with E-state index in [0.29, 0.717) is 31.9 Å². The van der Waals surface area contributed by atoms with Crippen molar-refractivity contribution in [3.63, 3.8) is 0 Å². The van der Waals surface area contributed by atoms with E-state index in [4.69, 9.17) is 4.74 Å². The van der Waals surface area contributed by atoms with Crippen LogP contribution in [0.5, 0.6) is 5.75 Å². The third kappa shape index (κ3) is 4.49. The highest BCUT2D eigenvalue weighted by Gasteiger charge is 2.26. The number of hydrogen-bond donors (Lipinski definition) is 0. The molecule has 0 unspecified atom stereocenters. The summed E-state index contributed by atoms with van der Waals surface area (Å²) in [5, 5.41) is 0. The normalized spacial score (nSPS) is 16.7. The van der Waals surface area contributed by atoms with Gasteiger partial charge in [0.2, 0.25) is 5.91 Å². The Morgan fingerprint density at radius 3 is 1.96 bits per heavy atom. The van der Waals surface area contributed by atoms with Gasteiger partial charge in [-0.3, -0.25) is 9.59 Å². The fourth-order valence-electron chi connectivity index (χ4n) is 2.79. The smallest absolute Gasteiger partial charge is 0.263 e. The predicted molar refractivity (Wildman–Crippen MR) is 94.1 cm³/mol. The minimum Gasteiger partial charge on any atom is -0.481 e. The molecular weight excluding hydrogens is 304 g/mol. The highest BCUT2D eigenvalue weighted by molar-refractivity contribution is 5.81. The second kappa shape index (κ2) is 7.24. The first-order valence-corrected chi connectivity index (χ1v) is 8.50. The molecule has 2 rings (SSSR count). The van der Waals surface area contributed by atoms with Crippen LogP contribution in [0.4, 0.5) is 0 Å². The van der Waals surface area contributed by atoms with Crippen LogP contribution in [0.1, 0.15) is 40.2 Å². The summed E-state index contributed by atoms with van der Waals surface area (Å²) in [7, 11) is 0. The van der Waals surface area contributed by atoms with E-state index < -0.39 is 6.10 Å². The second-order valence-electron chi connectivity index (χ2n) is 7.37. The van der Waals surface area contributed by atoms with Gasteiger partial charge in [0.05, 0.1) is 0 Å². The largest absolute Gasteiger partial charge is 0.481 e. The minimum absolute atomic E-state index is 0.0295. The Morgan fingerprint density at radius 2 is 1.50 bits per heavy atom. The predicted octanol–water partition coefficient (Wildman–Crippen LogP) is 2.44. The summed E-state index contributed by atoms with van der Waals surface area (Å²) in [6.07, 6.45) is -0.533. The van der Waals surface area contributed by atoms with Crippen LogP contribution in [0.25, 0.3) is 0 Å². The number of nitrogens with zero attached hydrogens (tertiary/aromatic N) is 2. The van der Waals surface area contributed by atoms with E-state index in [9.17, 15) is 9.59 Å². The molecule has 0 aliphatic carbocycles. The monoisotopic (exact) mass is 332 g/mol. The van der Waals surface area contributed by atoms with Crippen LogP contribution in [-0.4, -0.2) is 53.9 Å². The first-order valence-electron chi connectivity index (χ1n) is 8.50. The zero-order valence-electron chi connectivity index (χ0n) is 15.3. The topological polar surface area (TPSA) is 49.9 Å². The molecule has 5 heteroatoms. The van der Waals surface area contributed by atoms with Crippen molar-refractivity contribution in [3.8, 4) is 5.75 Å². The maximum atomic E-state index is 12.5. The van der Waals surface area contributed by atoms with Crippen LogP contribution >= 0.6 is 0 Å². The first kappa shape index (κ1) is 18.3. The van der Waals surface area contributed by atoms with Gasteiger partial charge in [-0.1, -0.05) is 32.9 Å². The molecule has 0 aromatic heterocycles. The van der Waals surface area contributed by atoms with Gasteiger partial charge in [-0.05, 0) is 30.0 Å². The summed E-state index contributed by atoms with van der Waals surface area (Å²) in [5.74, 6) is 0.731. The minimum atomic E-state index is -0.533. The number of carbonyl (C=O) groups is 2. The number of benzene rings is 1. The van der Waals surface area contributed by atoms with Crippen molar-refractivity contribution in [1.29, 1.82) is 0 Å². The molecule has 132 valence electrons. The van der Waals surface area contributed by atoms with Crippen LogP contribution < -0.4 is 4.74 Å². The number of piperazine rings is 1. The molecule has 1 heterocycles. The lowest BCUT2D eigenvalue weighted by Crippen LogP contribution is -2.52. The highest BCUT2D eigenvalue weighted by atomic mass is 16.5. The molecule has 1 aromatic carbocycles. The summed E-state index contributed by atoms with van der Waals surface area (Å²) < 4.78 is 5.80. The van der Waals surface area contributed by atoms with Gasteiger partial charge in [0, 0.05) is 33.1 Å². The number of carbonyl (C=O) groups excluding carboxylic acids is 2. The van der Waals surface area contributed by atoms with Gasteiger partial charge in [-0.2, -0.15) is 0 Å². The highest BCUT2D eigenvalue weighted by Crippen LogP contribution is 2.24. The molecule has 0 bridgehead atoms. The van der Waals surface area contributed by atoms with E-state index in [1.54, 1.807) is 23.6 Å². The Hall–Kier alpha value is -2.04. The van der Waals surface area contributed by atoms with Gasteiger partial charge in [-0.15, -0.1) is 0 Å². The van der Waals surface area contributed by atoms with E-state index in [1.807, 2.05) is 24.3 Å². The van der Waals surface area contributed by atoms with E-state index in [2.05, 4.69) is 20.8 Å². The number of hydrogen-bond acceptors (Lipinski definition) is 3. The third-order valence-corrected chi connectivity index (χ3v) is 4.42. The lowest BCUT2D eigenvalue weighted by molar-refractivity contribution is -0.143. The van der Waals surface area contributed by atoms with Crippen molar-refractivity contribution in [3.05, 3.63) is 29.8 Å². The molecule has 0 saturated carbocycles. The van der Waals surface area contributed by atoms with Crippen molar-refractivity contribution in [2.45, 2.75) is 46.1 Å². The molecule has 1 fully saturated rings. The van der Waals surface area contributed by atoms with Crippen LogP contribution in [-0.2, 0) is 15.0 Å². The Bertz CT molecular complexity index is 582. The van der Waals surface area contributed by atoms with E-state index >= 15 is 0 Å². The maximum Gasteiger partial charge on any atom is 0.263 e. The van der Waals surface area contributed by atoms with Gasteiger partial charge in [0.15, 0.2) is 6.10 Å². The SMILES string of the molecule is CC(=O)N1CCN(C(=O)[C@@H](C)Oc2ccc(C(C)(C)C)cc2)CC1.